The number of nitrogens with zero attached hydrogens (tertiary/aromatic N) is 1. The molecule has 1 spiro atoms. The van der Waals surface area contributed by atoms with Gasteiger partial charge in [0.05, 0.1) is 5.02 Å². The van der Waals surface area contributed by atoms with Crippen molar-refractivity contribution in [3.63, 3.8) is 0 Å². The third kappa shape index (κ3) is 3.14. The highest BCUT2D eigenvalue weighted by molar-refractivity contribution is 7.21. The van der Waals surface area contributed by atoms with Gasteiger partial charge in [-0.2, -0.15) is 0 Å². The second-order valence-electron chi connectivity index (χ2n) is 6.21. The Bertz CT molecular complexity index is 971. The van der Waals surface area contributed by atoms with Crippen LogP contribution in [0.4, 0.5) is 22.4 Å². The Morgan fingerprint density at radius 2 is 2.07 bits per heavy atom. The van der Waals surface area contributed by atoms with E-state index in [4.69, 9.17) is 16.3 Å². The van der Waals surface area contributed by atoms with Crippen molar-refractivity contribution in [2.24, 2.45) is 0 Å². The molecule has 2 amide bonds. The SMILES string of the molecule is O=C1NC2(CO1)CN(C(=O)c1sc3cc(OC(F)(F)F)cc(F)c3c1Cl)C2. The average Bonchev–Trinajstić information content (AvgIpc) is 3.04. The molecule has 1 aromatic carbocycles. The van der Waals surface area contributed by atoms with E-state index >= 15 is 0 Å². The summed E-state index contributed by atoms with van der Waals surface area (Å²) < 4.78 is 59.9. The number of hydrogen-bond acceptors (Lipinski definition) is 5. The van der Waals surface area contributed by atoms with E-state index in [1.165, 1.54) is 4.90 Å². The van der Waals surface area contributed by atoms with E-state index in [2.05, 4.69) is 10.1 Å². The van der Waals surface area contributed by atoms with Crippen molar-refractivity contribution in [3.05, 3.63) is 27.8 Å². The van der Waals surface area contributed by atoms with Crippen molar-refractivity contribution in [2.45, 2.75) is 11.9 Å². The summed E-state index contributed by atoms with van der Waals surface area (Å²) >= 11 is 6.87. The molecule has 2 fully saturated rings. The van der Waals surface area contributed by atoms with Crippen LogP contribution in [0.5, 0.6) is 5.75 Å². The summed E-state index contributed by atoms with van der Waals surface area (Å²) in [6.45, 7) is 0.503. The molecule has 12 heteroatoms. The first kappa shape index (κ1) is 18.1. The van der Waals surface area contributed by atoms with Crippen LogP contribution in [-0.4, -0.2) is 48.5 Å². The predicted octanol–water partition coefficient (Wildman–Crippen LogP) is 3.53. The van der Waals surface area contributed by atoms with Gasteiger partial charge in [0.25, 0.3) is 5.91 Å². The van der Waals surface area contributed by atoms with Crippen LogP contribution in [0, 0.1) is 5.82 Å². The molecule has 27 heavy (non-hydrogen) atoms. The number of hydrogen-bond donors (Lipinski definition) is 1. The summed E-state index contributed by atoms with van der Waals surface area (Å²) in [7, 11) is 0. The lowest BCUT2D eigenvalue weighted by molar-refractivity contribution is -0.274. The molecule has 2 aromatic rings. The summed E-state index contributed by atoms with van der Waals surface area (Å²) in [5.41, 5.74) is -0.644. The number of cyclic esters (lactones) is 1. The standard InChI is InChI=1S/C15H9ClF4N2O4S/c16-10-9-7(17)1-6(26-15(18,19)20)2-8(9)27-11(10)12(23)22-3-14(4-22)5-25-13(24)21-14/h1-2H,3-5H2,(H,21,24). The molecule has 2 aliphatic rings. The van der Waals surface area contributed by atoms with Crippen LogP contribution in [0.3, 0.4) is 0 Å². The van der Waals surface area contributed by atoms with Gasteiger partial charge in [0, 0.05) is 29.2 Å². The predicted molar refractivity (Wildman–Crippen MR) is 86.6 cm³/mol. The number of fused-ring (bicyclic) bond motifs is 1. The molecule has 1 N–H and O–H groups in total. The third-order valence-electron chi connectivity index (χ3n) is 4.21. The molecule has 0 saturated carbocycles. The monoisotopic (exact) mass is 424 g/mol. The highest BCUT2D eigenvalue weighted by Gasteiger charge is 2.51. The van der Waals surface area contributed by atoms with Crippen LogP contribution in [0.2, 0.25) is 5.02 Å². The lowest BCUT2D eigenvalue weighted by Crippen LogP contribution is -2.69. The summed E-state index contributed by atoms with van der Waals surface area (Å²) in [4.78, 5) is 25.2. The fourth-order valence-corrected chi connectivity index (χ4v) is 4.63. The molecule has 0 unspecified atom stereocenters. The molecular weight excluding hydrogens is 416 g/mol. The first-order valence-electron chi connectivity index (χ1n) is 7.48. The smallest absolute Gasteiger partial charge is 0.447 e. The van der Waals surface area contributed by atoms with E-state index in [1.54, 1.807) is 0 Å². The van der Waals surface area contributed by atoms with Gasteiger partial charge in [0.2, 0.25) is 0 Å². The number of alkyl carbamates (subject to hydrolysis) is 1. The number of ether oxygens (including phenoxy) is 2. The first-order chi connectivity index (χ1) is 12.6. The number of alkyl halides is 3. The second-order valence-corrected chi connectivity index (χ2v) is 7.64. The van der Waals surface area contributed by atoms with Crippen LogP contribution in [0.25, 0.3) is 10.1 Å². The Morgan fingerprint density at radius 1 is 1.37 bits per heavy atom. The van der Waals surface area contributed by atoms with Crippen LogP contribution in [-0.2, 0) is 4.74 Å². The molecule has 4 rings (SSSR count). The molecule has 0 bridgehead atoms. The molecule has 144 valence electrons. The van der Waals surface area contributed by atoms with Crippen molar-refractivity contribution < 1.29 is 36.6 Å². The number of carbonyl (C=O) groups excluding carboxylic acids is 2. The van der Waals surface area contributed by atoms with E-state index in [-0.39, 0.29) is 39.7 Å². The lowest BCUT2D eigenvalue weighted by Gasteiger charge is -2.45. The van der Waals surface area contributed by atoms with Crippen LogP contribution < -0.4 is 10.1 Å². The molecule has 0 radical (unpaired) electrons. The van der Waals surface area contributed by atoms with Crippen molar-refractivity contribution in [1.82, 2.24) is 10.2 Å². The minimum Gasteiger partial charge on any atom is -0.447 e. The largest absolute Gasteiger partial charge is 0.573 e. The number of thiophene rings is 1. The van der Waals surface area contributed by atoms with Gasteiger partial charge in [0.15, 0.2) is 0 Å². The average molecular weight is 425 g/mol. The number of likely N-dealkylation sites (tertiary alicyclic amines) is 1. The van der Waals surface area contributed by atoms with Gasteiger partial charge < -0.3 is 19.7 Å². The Kier molecular flexibility index (Phi) is 3.93. The first-order valence-corrected chi connectivity index (χ1v) is 8.68. The molecule has 6 nitrogen and oxygen atoms in total. The van der Waals surface area contributed by atoms with Crippen LogP contribution in [0.1, 0.15) is 9.67 Å². The number of halogens is 5. The highest BCUT2D eigenvalue weighted by atomic mass is 35.5. The van der Waals surface area contributed by atoms with E-state index in [0.717, 1.165) is 17.4 Å². The van der Waals surface area contributed by atoms with E-state index in [9.17, 15) is 27.2 Å². The van der Waals surface area contributed by atoms with Crippen LogP contribution in [0.15, 0.2) is 12.1 Å². The summed E-state index contributed by atoms with van der Waals surface area (Å²) in [6, 6.07) is 1.54. The zero-order chi connectivity index (χ0) is 19.6. The van der Waals surface area contributed by atoms with Gasteiger partial charge in [-0.25, -0.2) is 9.18 Å². The maximum absolute atomic E-state index is 14.2. The van der Waals surface area contributed by atoms with Gasteiger partial charge in [-0.1, -0.05) is 11.6 Å². The van der Waals surface area contributed by atoms with Crippen molar-refractivity contribution in [2.75, 3.05) is 19.7 Å². The minimum absolute atomic E-state index is 0.00480. The zero-order valence-corrected chi connectivity index (χ0v) is 14.7. The molecule has 1 aromatic heterocycles. The lowest BCUT2D eigenvalue weighted by atomic mass is 9.91. The fraction of sp³-hybridized carbons (Fsp3) is 0.333. The number of rotatable bonds is 2. The molecule has 2 saturated heterocycles. The van der Waals surface area contributed by atoms with Crippen molar-refractivity contribution in [3.8, 4) is 5.75 Å². The van der Waals surface area contributed by atoms with Gasteiger partial charge in [-0.05, 0) is 6.07 Å². The number of nitrogens with one attached hydrogen (secondary N) is 1. The molecule has 2 aliphatic heterocycles. The van der Waals surface area contributed by atoms with E-state index in [1.807, 2.05) is 0 Å². The minimum atomic E-state index is -4.97. The zero-order valence-electron chi connectivity index (χ0n) is 13.2. The maximum Gasteiger partial charge on any atom is 0.573 e. The summed E-state index contributed by atoms with van der Waals surface area (Å²) in [5, 5.41) is 2.29. The Labute approximate surface area is 157 Å². The fourth-order valence-electron chi connectivity index (χ4n) is 3.08. The van der Waals surface area contributed by atoms with E-state index < -0.39 is 35.5 Å². The number of carbonyl (C=O) groups is 2. The number of amides is 2. The molecular formula is C15H9ClF4N2O4S. The second kappa shape index (κ2) is 5.86. The Balaban J connectivity index is 1.61. The summed E-state index contributed by atoms with van der Waals surface area (Å²) in [5.74, 6) is -2.27. The highest BCUT2D eigenvalue weighted by Crippen LogP contribution is 2.41. The molecule has 0 atom stereocenters. The van der Waals surface area contributed by atoms with Crippen LogP contribution >= 0.6 is 22.9 Å². The van der Waals surface area contributed by atoms with Crippen molar-refractivity contribution >= 4 is 45.0 Å². The Morgan fingerprint density at radius 3 is 2.67 bits per heavy atom. The molecule has 0 aliphatic carbocycles. The van der Waals surface area contributed by atoms with Gasteiger partial charge in [-0.3, -0.25) is 4.79 Å². The van der Waals surface area contributed by atoms with E-state index in [0.29, 0.717) is 6.07 Å². The quantitative estimate of drug-likeness (QED) is 0.749. The Hall–Kier alpha value is -2.27. The third-order valence-corrected chi connectivity index (χ3v) is 5.82. The maximum atomic E-state index is 14.2. The summed E-state index contributed by atoms with van der Waals surface area (Å²) in [6.07, 6.45) is -5.54. The van der Waals surface area contributed by atoms with Crippen molar-refractivity contribution in [1.29, 1.82) is 0 Å². The normalized spacial score (nSPS) is 18.4. The number of benzene rings is 1. The van der Waals surface area contributed by atoms with Gasteiger partial charge in [0.1, 0.15) is 28.6 Å². The van der Waals surface area contributed by atoms with Gasteiger partial charge >= 0.3 is 12.5 Å². The van der Waals surface area contributed by atoms with Gasteiger partial charge in [-0.15, -0.1) is 24.5 Å². The molecule has 3 heterocycles. The topological polar surface area (TPSA) is 67.9 Å².